The van der Waals surface area contributed by atoms with E-state index >= 15 is 0 Å². The number of ether oxygens (including phenoxy) is 3. The van der Waals surface area contributed by atoms with Crippen LogP contribution in [0.1, 0.15) is 64.5 Å². The van der Waals surface area contributed by atoms with Gasteiger partial charge in [0.05, 0.1) is 11.7 Å². The zero-order valence-corrected chi connectivity index (χ0v) is 23.3. The summed E-state index contributed by atoms with van der Waals surface area (Å²) >= 11 is 0. The van der Waals surface area contributed by atoms with Crippen molar-refractivity contribution < 1.29 is 28.9 Å². The molecule has 1 amide bonds. The van der Waals surface area contributed by atoms with Crippen molar-refractivity contribution in [2.45, 2.75) is 78.2 Å². The number of rotatable bonds is 11. The Labute approximate surface area is 226 Å². The average Bonchev–Trinajstić information content (AvgIpc) is 3.49. The van der Waals surface area contributed by atoms with Gasteiger partial charge in [0.2, 0.25) is 12.3 Å². The number of amides is 1. The van der Waals surface area contributed by atoms with Crippen LogP contribution in [0.2, 0.25) is 0 Å². The predicted molar refractivity (Wildman–Crippen MR) is 148 cm³/mol. The summed E-state index contributed by atoms with van der Waals surface area (Å²) in [5.74, 6) is 1.24. The summed E-state index contributed by atoms with van der Waals surface area (Å²) in [6.07, 6.45) is 6.66. The summed E-state index contributed by atoms with van der Waals surface area (Å²) in [6, 6.07) is 8.26. The minimum absolute atomic E-state index is 0.0699. The summed E-state index contributed by atoms with van der Waals surface area (Å²) in [6.45, 7) is 8.41. The van der Waals surface area contributed by atoms with Crippen LogP contribution in [0.4, 0.5) is 0 Å². The number of aliphatic hydroxyl groups is 1. The molecular formula is C29H43N3O6. The highest BCUT2D eigenvalue weighted by Crippen LogP contribution is 2.29. The number of aliphatic hydroxyl groups excluding tert-OH is 1. The molecule has 0 bridgehead atoms. The molecule has 9 nitrogen and oxygen atoms in total. The Balaban J connectivity index is 0.000000926. The number of aryl methyl sites for hydroxylation is 1. The molecule has 1 saturated heterocycles. The first-order valence-corrected chi connectivity index (χ1v) is 13.3. The number of esters is 1. The van der Waals surface area contributed by atoms with Gasteiger partial charge >= 0.3 is 5.97 Å². The van der Waals surface area contributed by atoms with Crippen LogP contribution >= 0.6 is 0 Å². The fraction of sp³-hybridized carbons (Fsp3) is 0.552. The van der Waals surface area contributed by atoms with Gasteiger partial charge in [-0.3, -0.25) is 19.5 Å². The summed E-state index contributed by atoms with van der Waals surface area (Å²) < 4.78 is 16.6. The molecule has 0 saturated carbocycles. The number of carbonyl (C=O) groups is 2. The molecule has 1 aromatic carbocycles. The van der Waals surface area contributed by atoms with Crippen LogP contribution < -0.4 is 5.73 Å². The molecule has 1 aromatic rings. The van der Waals surface area contributed by atoms with Gasteiger partial charge in [-0.25, -0.2) is 0 Å². The van der Waals surface area contributed by atoms with Crippen molar-refractivity contribution in [1.82, 2.24) is 4.90 Å². The number of hydrogen-bond acceptors (Lipinski definition) is 8. The number of hydrogen-bond donors (Lipinski definition) is 2. The van der Waals surface area contributed by atoms with Gasteiger partial charge in [-0.2, -0.15) is 0 Å². The maximum Gasteiger partial charge on any atom is 0.302 e. The standard InChI is InChI=1S/C25H32N2O6.C4H11N/c1-4-5-6-7-18-8-10-19(11-9-18)22-12-20(25(26-3)33-22)14-27(16-28)24-13-21(30)23(32-24)15-31-17(2)29;1-4(2)3-5/h8-12,14,16,21,23-24,30H,4-7,13,15H2,1-3H3;4H,3,5H2,1-2H3/b20-14-,26-25?;. The van der Waals surface area contributed by atoms with Crippen LogP contribution in [-0.4, -0.2) is 66.9 Å². The fourth-order valence-corrected chi connectivity index (χ4v) is 3.81. The molecule has 0 aromatic heterocycles. The first-order chi connectivity index (χ1) is 18.2. The highest BCUT2D eigenvalue weighted by atomic mass is 16.6. The Morgan fingerprint density at radius 1 is 1.29 bits per heavy atom. The Kier molecular flexibility index (Phi) is 13.2. The van der Waals surface area contributed by atoms with Crippen molar-refractivity contribution in [3.05, 3.63) is 53.2 Å². The third kappa shape index (κ3) is 9.70. The molecule has 1 fully saturated rings. The number of carbonyl (C=O) groups excluding carboxylic acids is 2. The molecule has 3 atom stereocenters. The number of nitrogens with zero attached hydrogens (tertiary/aromatic N) is 2. The maximum atomic E-state index is 11.8. The number of unbranched alkanes of at least 4 members (excludes halogenated alkanes) is 2. The first-order valence-electron chi connectivity index (χ1n) is 13.3. The lowest BCUT2D eigenvalue weighted by Crippen LogP contribution is -2.31. The van der Waals surface area contributed by atoms with Crippen molar-refractivity contribution >= 4 is 24.0 Å². The van der Waals surface area contributed by atoms with Gasteiger partial charge in [0.15, 0.2) is 0 Å². The molecule has 0 aliphatic carbocycles. The molecule has 2 aliphatic heterocycles. The van der Waals surface area contributed by atoms with E-state index in [4.69, 9.17) is 19.9 Å². The lowest BCUT2D eigenvalue weighted by atomic mass is 10.0. The van der Waals surface area contributed by atoms with E-state index < -0.39 is 24.4 Å². The van der Waals surface area contributed by atoms with Crippen LogP contribution in [0.25, 0.3) is 5.76 Å². The van der Waals surface area contributed by atoms with Gasteiger partial charge < -0.3 is 25.1 Å². The Morgan fingerprint density at radius 2 is 1.97 bits per heavy atom. The van der Waals surface area contributed by atoms with Gasteiger partial charge in [0.1, 0.15) is 24.7 Å². The second kappa shape index (κ2) is 16.1. The molecule has 2 heterocycles. The van der Waals surface area contributed by atoms with E-state index in [1.807, 2.05) is 18.2 Å². The molecule has 0 radical (unpaired) electrons. The van der Waals surface area contributed by atoms with Crippen LogP contribution in [0.3, 0.4) is 0 Å². The topological polar surface area (TPSA) is 124 Å². The molecule has 9 heteroatoms. The summed E-state index contributed by atoms with van der Waals surface area (Å²) in [5.41, 5.74) is 8.00. The van der Waals surface area contributed by atoms with E-state index in [9.17, 15) is 14.7 Å². The van der Waals surface area contributed by atoms with Crippen molar-refractivity contribution in [2.75, 3.05) is 20.2 Å². The van der Waals surface area contributed by atoms with E-state index in [1.54, 1.807) is 13.2 Å². The molecule has 3 N–H and O–H groups in total. The van der Waals surface area contributed by atoms with Gasteiger partial charge in [0.25, 0.3) is 0 Å². The summed E-state index contributed by atoms with van der Waals surface area (Å²) in [4.78, 5) is 28.3. The number of nitrogens with two attached hydrogens (primary N) is 1. The minimum atomic E-state index is -0.851. The largest absolute Gasteiger partial charge is 0.463 e. The second-order valence-electron chi connectivity index (χ2n) is 9.79. The summed E-state index contributed by atoms with van der Waals surface area (Å²) in [7, 11) is 1.62. The predicted octanol–water partition coefficient (Wildman–Crippen LogP) is 3.80. The Bertz CT molecular complexity index is 987. The van der Waals surface area contributed by atoms with E-state index in [2.05, 4.69) is 37.9 Å². The monoisotopic (exact) mass is 529 g/mol. The van der Waals surface area contributed by atoms with Crippen molar-refractivity contribution in [3.8, 4) is 0 Å². The zero-order chi connectivity index (χ0) is 28.1. The average molecular weight is 530 g/mol. The van der Waals surface area contributed by atoms with Gasteiger partial charge in [-0.15, -0.1) is 0 Å². The van der Waals surface area contributed by atoms with E-state index in [-0.39, 0.29) is 13.0 Å². The smallest absolute Gasteiger partial charge is 0.302 e. The number of benzene rings is 1. The molecule has 0 spiro atoms. The first kappa shape index (κ1) is 31.2. The van der Waals surface area contributed by atoms with Crippen LogP contribution in [-0.2, 0) is 30.2 Å². The van der Waals surface area contributed by atoms with Crippen LogP contribution in [0, 0.1) is 5.92 Å². The van der Waals surface area contributed by atoms with Gasteiger partial charge in [0, 0.05) is 32.2 Å². The maximum absolute atomic E-state index is 11.8. The zero-order valence-electron chi connectivity index (χ0n) is 23.3. The minimum Gasteiger partial charge on any atom is -0.463 e. The Hall–Kier alpha value is -3.01. The molecule has 2 aliphatic rings. The van der Waals surface area contributed by atoms with E-state index in [0.29, 0.717) is 29.6 Å². The van der Waals surface area contributed by atoms with Gasteiger partial charge in [-0.05, 0) is 36.9 Å². The third-order valence-electron chi connectivity index (χ3n) is 6.12. The summed E-state index contributed by atoms with van der Waals surface area (Å²) in [5, 5.41) is 10.2. The highest BCUT2D eigenvalue weighted by Gasteiger charge is 2.37. The van der Waals surface area contributed by atoms with E-state index in [0.717, 1.165) is 18.5 Å². The quantitative estimate of drug-likeness (QED) is 0.254. The van der Waals surface area contributed by atoms with E-state index in [1.165, 1.54) is 36.6 Å². The molecule has 38 heavy (non-hydrogen) atoms. The number of aliphatic imine (C=N–C) groups is 1. The lowest BCUT2D eigenvalue weighted by Gasteiger charge is -2.21. The normalized spacial score (nSPS) is 22.6. The molecule has 3 unspecified atom stereocenters. The SMILES string of the molecule is CC(C)CN.CCCCCc1ccc(C2=C/C(=C/N(C=O)C3CC(O)C(COC(C)=O)O3)C(=NC)O2)cc1. The highest BCUT2D eigenvalue weighted by molar-refractivity contribution is 6.05. The van der Waals surface area contributed by atoms with Crippen molar-refractivity contribution in [1.29, 1.82) is 0 Å². The van der Waals surface area contributed by atoms with Crippen LogP contribution in [0.15, 0.2) is 47.1 Å². The fourth-order valence-electron chi connectivity index (χ4n) is 3.81. The molecule has 3 rings (SSSR count). The Morgan fingerprint density at radius 3 is 2.53 bits per heavy atom. The lowest BCUT2D eigenvalue weighted by molar-refractivity contribution is -0.149. The van der Waals surface area contributed by atoms with Gasteiger partial charge in [-0.1, -0.05) is 57.9 Å². The van der Waals surface area contributed by atoms with Crippen molar-refractivity contribution in [2.24, 2.45) is 16.6 Å². The van der Waals surface area contributed by atoms with Crippen molar-refractivity contribution in [3.63, 3.8) is 0 Å². The molecular weight excluding hydrogens is 486 g/mol. The molecule has 210 valence electrons. The third-order valence-corrected chi connectivity index (χ3v) is 6.12. The second-order valence-corrected chi connectivity index (χ2v) is 9.79. The van der Waals surface area contributed by atoms with Crippen LogP contribution in [0.5, 0.6) is 0 Å².